The van der Waals surface area contributed by atoms with Crippen LogP contribution in [0.1, 0.15) is 48.6 Å². The Morgan fingerprint density at radius 1 is 1.00 bits per heavy atom. The van der Waals surface area contributed by atoms with Crippen LogP contribution in [0.15, 0.2) is 60.5 Å². The normalized spacial score (nSPS) is 18.0. The van der Waals surface area contributed by atoms with Crippen LogP contribution in [0, 0.1) is 5.92 Å². The first kappa shape index (κ1) is 22.7. The van der Waals surface area contributed by atoms with Gasteiger partial charge in [-0.1, -0.05) is 18.9 Å². The summed E-state index contributed by atoms with van der Waals surface area (Å²) in [5.74, 6) is 0.824. The lowest BCUT2D eigenvalue weighted by Gasteiger charge is -2.11. The summed E-state index contributed by atoms with van der Waals surface area (Å²) in [7, 11) is 0. The number of nitrogens with zero attached hydrogens (tertiary/aromatic N) is 4. The van der Waals surface area contributed by atoms with Gasteiger partial charge >= 0.3 is 0 Å². The minimum absolute atomic E-state index is 0.367. The maximum atomic E-state index is 4.72. The molecule has 0 radical (unpaired) electrons. The molecule has 0 spiro atoms. The molecule has 5 aromatic heterocycles. The summed E-state index contributed by atoms with van der Waals surface area (Å²) >= 11 is 1.83. The lowest BCUT2D eigenvalue weighted by molar-refractivity contribution is 0.489. The van der Waals surface area contributed by atoms with Gasteiger partial charge in [0.05, 0.1) is 34.0 Å². The predicted octanol–water partition coefficient (Wildman–Crippen LogP) is 6.53. The molecule has 5 aromatic rings. The number of thioether (sulfide) groups is 1. The Morgan fingerprint density at radius 3 is 2.84 bits per heavy atom. The zero-order chi connectivity index (χ0) is 24.6. The molecule has 0 amide bonds. The van der Waals surface area contributed by atoms with Crippen LogP contribution in [-0.2, 0) is 6.54 Å². The molecule has 37 heavy (non-hydrogen) atoms. The second-order valence-electron chi connectivity index (χ2n) is 10.1. The number of fused-ring (bicyclic) bond motifs is 2. The van der Waals surface area contributed by atoms with E-state index >= 15 is 0 Å². The van der Waals surface area contributed by atoms with Gasteiger partial charge in [-0.05, 0) is 67.0 Å². The van der Waals surface area contributed by atoms with E-state index in [-0.39, 0.29) is 0 Å². The summed E-state index contributed by atoms with van der Waals surface area (Å²) in [6.45, 7) is 1.92. The SMILES string of the molecule is C1=CSC(c2nccc3[nH]c(-c4n[nH]c5cnc(-c6cncc(CNCC7CCCC7)c6)cc45)cc23)C1. The minimum Gasteiger partial charge on any atom is -0.353 e. The van der Waals surface area contributed by atoms with E-state index in [4.69, 9.17) is 9.97 Å². The fraction of sp³-hybridized carbons (Fsp3) is 0.310. The molecule has 7 rings (SSSR count). The molecule has 186 valence electrons. The number of pyridine rings is 3. The second-order valence-corrected chi connectivity index (χ2v) is 11.2. The predicted molar refractivity (Wildman–Crippen MR) is 150 cm³/mol. The van der Waals surface area contributed by atoms with Crippen LogP contribution in [-0.4, -0.2) is 36.7 Å². The number of rotatable bonds is 7. The largest absolute Gasteiger partial charge is 0.353 e. The molecule has 1 saturated carbocycles. The number of aromatic amines is 2. The zero-order valence-electron chi connectivity index (χ0n) is 20.6. The third kappa shape index (κ3) is 4.45. The highest BCUT2D eigenvalue weighted by Crippen LogP contribution is 2.41. The van der Waals surface area contributed by atoms with Crippen molar-refractivity contribution >= 4 is 33.6 Å². The van der Waals surface area contributed by atoms with E-state index in [0.717, 1.165) is 75.6 Å². The topological polar surface area (TPSA) is 95.2 Å². The number of nitrogens with one attached hydrogen (secondary N) is 3. The first-order chi connectivity index (χ1) is 18.3. The van der Waals surface area contributed by atoms with Crippen LogP contribution in [0.2, 0.25) is 0 Å². The molecule has 1 aliphatic carbocycles. The van der Waals surface area contributed by atoms with E-state index in [9.17, 15) is 0 Å². The fourth-order valence-corrected chi connectivity index (χ4v) is 6.61. The van der Waals surface area contributed by atoms with Crippen molar-refractivity contribution in [1.82, 2.24) is 35.5 Å². The van der Waals surface area contributed by atoms with E-state index in [0.29, 0.717) is 5.25 Å². The molecule has 3 N–H and O–H groups in total. The Morgan fingerprint density at radius 2 is 1.95 bits per heavy atom. The van der Waals surface area contributed by atoms with Crippen molar-refractivity contribution in [2.75, 3.05) is 6.54 Å². The Bertz CT molecular complexity index is 1590. The monoisotopic (exact) mass is 507 g/mol. The maximum Gasteiger partial charge on any atom is 0.116 e. The molecule has 6 heterocycles. The number of H-pyrrole nitrogens is 2. The van der Waals surface area contributed by atoms with Gasteiger partial charge in [-0.15, -0.1) is 11.8 Å². The van der Waals surface area contributed by atoms with Crippen molar-refractivity contribution in [1.29, 1.82) is 0 Å². The Hall–Kier alpha value is -3.49. The average Bonchev–Trinajstić information content (AvgIpc) is 3.74. The lowest BCUT2D eigenvalue weighted by atomic mass is 10.1. The maximum absolute atomic E-state index is 4.72. The van der Waals surface area contributed by atoms with Crippen molar-refractivity contribution in [3.8, 4) is 22.6 Å². The lowest BCUT2D eigenvalue weighted by Crippen LogP contribution is -2.20. The molecular weight excluding hydrogens is 478 g/mol. The number of allylic oxidation sites excluding steroid dienone is 1. The average molecular weight is 508 g/mol. The molecule has 1 unspecified atom stereocenters. The van der Waals surface area contributed by atoms with Gasteiger partial charge in [0, 0.05) is 47.0 Å². The highest BCUT2D eigenvalue weighted by atomic mass is 32.2. The van der Waals surface area contributed by atoms with E-state index in [1.165, 1.54) is 31.2 Å². The van der Waals surface area contributed by atoms with Gasteiger partial charge in [-0.3, -0.25) is 20.1 Å². The van der Waals surface area contributed by atoms with Crippen molar-refractivity contribution in [3.63, 3.8) is 0 Å². The summed E-state index contributed by atoms with van der Waals surface area (Å²) in [6, 6.07) is 8.53. The van der Waals surface area contributed by atoms with Crippen molar-refractivity contribution in [2.24, 2.45) is 5.92 Å². The quantitative estimate of drug-likeness (QED) is 0.232. The molecule has 0 aromatic carbocycles. The van der Waals surface area contributed by atoms with Crippen LogP contribution < -0.4 is 5.32 Å². The van der Waals surface area contributed by atoms with Crippen LogP contribution in [0.25, 0.3) is 44.5 Å². The van der Waals surface area contributed by atoms with Crippen LogP contribution in [0.4, 0.5) is 0 Å². The van der Waals surface area contributed by atoms with E-state index in [1.54, 1.807) is 0 Å². The van der Waals surface area contributed by atoms with Gasteiger partial charge in [0.15, 0.2) is 0 Å². The summed E-state index contributed by atoms with van der Waals surface area (Å²) in [6.07, 6.45) is 16.3. The van der Waals surface area contributed by atoms with Gasteiger partial charge in [0.25, 0.3) is 0 Å². The van der Waals surface area contributed by atoms with Crippen molar-refractivity contribution in [2.45, 2.75) is 43.9 Å². The summed E-state index contributed by atoms with van der Waals surface area (Å²) in [4.78, 5) is 17.5. The van der Waals surface area contributed by atoms with Crippen LogP contribution >= 0.6 is 11.8 Å². The van der Waals surface area contributed by atoms with E-state index < -0.39 is 0 Å². The highest BCUT2D eigenvalue weighted by Gasteiger charge is 2.20. The molecule has 2 aliphatic rings. The standard InChI is InChI=1S/C29H29N7S/c1-2-5-18(4-1)13-30-14-19-10-20(16-31-15-19)24-11-22-26(17-33-24)35-36-28(22)25-12-21-23(34-25)7-8-32-29(21)27-6-3-9-37-27/h3,7-12,15-18,27,30,34H,1-2,4-6,13-14H2,(H,35,36). The minimum atomic E-state index is 0.367. The third-order valence-corrected chi connectivity index (χ3v) is 8.70. The zero-order valence-corrected chi connectivity index (χ0v) is 21.4. The summed E-state index contributed by atoms with van der Waals surface area (Å²) in [5, 5.41) is 16.2. The Balaban J connectivity index is 1.18. The van der Waals surface area contributed by atoms with Gasteiger partial charge < -0.3 is 10.3 Å². The van der Waals surface area contributed by atoms with Crippen molar-refractivity contribution < 1.29 is 0 Å². The fourth-order valence-electron chi connectivity index (χ4n) is 5.66. The van der Waals surface area contributed by atoms with E-state index in [2.05, 4.69) is 55.2 Å². The Kier molecular flexibility index (Phi) is 5.98. The highest BCUT2D eigenvalue weighted by molar-refractivity contribution is 8.02. The number of hydrogen-bond donors (Lipinski definition) is 3. The van der Waals surface area contributed by atoms with Gasteiger partial charge in [0.1, 0.15) is 5.69 Å². The smallest absolute Gasteiger partial charge is 0.116 e. The van der Waals surface area contributed by atoms with Gasteiger partial charge in [-0.2, -0.15) is 5.10 Å². The molecule has 1 aliphatic heterocycles. The number of aromatic nitrogens is 6. The molecule has 7 nitrogen and oxygen atoms in total. The molecule has 8 heteroatoms. The van der Waals surface area contributed by atoms with Crippen LogP contribution in [0.3, 0.4) is 0 Å². The summed E-state index contributed by atoms with van der Waals surface area (Å²) in [5.41, 5.74) is 8.08. The number of hydrogen-bond acceptors (Lipinski definition) is 6. The molecule has 0 bridgehead atoms. The van der Waals surface area contributed by atoms with Crippen LogP contribution in [0.5, 0.6) is 0 Å². The van der Waals surface area contributed by atoms with Gasteiger partial charge in [0.2, 0.25) is 0 Å². The summed E-state index contributed by atoms with van der Waals surface area (Å²) < 4.78 is 0. The third-order valence-electron chi connectivity index (χ3n) is 7.60. The van der Waals surface area contributed by atoms with E-state index in [1.807, 2.05) is 42.6 Å². The molecule has 1 fully saturated rings. The Labute approximate surface area is 219 Å². The van der Waals surface area contributed by atoms with Crippen molar-refractivity contribution in [3.05, 3.63) is 71.8 Å². The molecule has 0 saturated heterocycles. The first-order valence-corrected chi connectivity index (χ1v) is 14.0. The first-order valence-electron chi connectivity index (χ1n) is 13.1. The molecule has 1 atom stereocenters. The van der Waals surface area contributed by atoms with Gasteiger partial charge in [-0.25, -0.2) is 0 Å². The second kappa shape index (κ2) is 9.76. The molecular formula is C29H29N7S.